The van der Waals surface area contributed by atoms with Gasteiger partial charge in [-0.2, -0.15) is 13.2 Å². The number of hydrogen-bond donors (Lipinski definition) is 2. The molecule has 1 heterocycles. The van der Waals surface area contributed by atoms with Gasteiger partial charge in [-0.1, -0.05) is 18.9 Å². The molecule has 0 radical (unpaired) electrons. The SMILES string of the molecule is Cc1ccc(C(=O)NCC(F)(F)F)cc1NC(=O)c1cc2c(s1)CCCCCC2. The van der Waals surface area contributed by atoms with Gasteiger partial charge >= 0.3 is 6.18 Å². The van der Waals surface area contributed by atoms with Crippen LogP contribution in [-0.2, 0) is 12.8 Å². The molecule has 29 heavy (non-hydrogen) atoms. The normalized spacial score (nSPS) is 14.5. The van der Waals surface area contributed by atoms with Crippen molar-refractivity contribution < 1.29 is 22.8 Å². The first-order valence-corrected chi connectivity index (χ1v) is 10.4. The lowest BCUT2D eigenvalue weighted by Crippen LogP contribution is -2.33. The molecule has 0 saturated carbocycles. The smallest absolute Gasteiger partial charge is 0.343 e. The first-order chi connectivity index (χ1) is 13.7. The number of nitrogens with one attached hydrogen (secondary N) is 2. The molecule has 1 aromatic carbocycles. The van der Waals surface area contributed by atoms with Crippen LogP contribution in [0.25, 0.3) is 0 Å². The number of fused-ring (bicyclic) bond motifs is 1. The summed E-state index contributed by atoms with van der Waals surface area (Å²) in [5.74, 6) is -1.10. The lowest BCUT2D eigenvalue weighted by atomic mass is 10.00. The molecule has 2 N–H and O–H groups in total. The van der Waals surface area contributed by atoms with E-state index in [4.69, 9.17) is 0 Å². The molecular formula is C21H23F3N2O2S. The minimum absolute atomic E-state index is 0.0635. The Morgan fingerprint density at radius 1 is 1.03 bits per heavy atom. The van der Waals surface area contributed by atoms with Gasteiger partial charge in [-0.25, -0.2) is 0 Å². The zero-order valence-corrected chi connectivity index (χ0v) is 16.9. The Balaban J connectivity index is 1.73. The third-order valence-corrected chi connectivity index (χ3v) is 6.15. The summed E-state index contributed by atoms with van der Waals surface area (Å²) in [5.41, 5.74) is 2.43. The van der Waals surface area contributed by atoms with Crippen molar-refractivity contribution in [2.45, 2.75) is 51.6 Å². The fraction of sp³-hybridized carbons (Fsp3) is 0.429. The van der Waals surface area contributed by atoms with Crippen molar-refractivity contribution in [1.82, 2.24) is 5.32 Å². The van der Waals surface area contributed by atoms with Crippen LogP contribution in [0.3, 0.4) is 0 Å². The maximum atomic E-state index is 12.7. The molecule has 0 spiro atoms. The molecule has 0 aliphatic heterocycles. The number of rotatable bonds is 4. The van der Waals surface area contributed by atoms with Crippen LogP contribution in [0.4, 0.5) is 18.9 Å². The van der Waals surface area contributed by atoms with E-state index in [9.17, 15) is 22.8 Å². The summed E-state index contributed by atoms with van der Waals surface area (Å²) in [6.07, 6.45) is 2.16. The average Bonchev–Trinajstić information content (AvgIpc) is 3.03. The molecule has 0 bridgehead atoms. The molecule has 4 nitrogen and oxygen atoms in total. The Hall–Kier alpha value is -2.35. The van der Waals surface area contributed by atoms with Gasteiger partial charge in [-0.3, -0.25) is 9.59 Å². The molecule has 1 aliphatic carbocycles. The molecule has 2 amide bonds. The van der Waals surface area contributed by atoms with Crippen LogP contribution in [-0.4, -0.2) is 24.5 Å². The summed E-state index contributed by atoms with van der Waals surface area (Å²) >= 11 is 1.50. The molecule has 3 rings (SSSR count). The fourth-order valence-electron chi connectivity index (χ4n) is 3.32. The second kappa shape index (κ2) is 8.98. The molecule has 0 unspecified atom stereocenters. The first-order valence-electron chi connectivity index (χ1n) is 9.61. The summed E-state index contributed by atoms with van der Waals surface area (Å²) < 4.78 is 36.9. The van der Waals surface area contributed by atoms with Crippen molar-refractivity contribution in [3.63, 3.8) is 0 Å². The Labute approximate surface area is 171 Å². The minimum Gasteiger partial charge on any atom is -0.343 e. The Bertz CT molecular complexity index is 880. The molecule has 0 saturated heterocycles. The van der Waals surface area contributed by atoms with E-state index in [0.717, 1.165) is 31.2 Å². The Morgan fingerprint density at radius 3 is 2.48 bits per heavy atom. The Kier molecular flexibility index (Phi) is 6.62. The van der Waals surface area contributed by atoms with Gasteiger partial charge in [-0.05, 0) is 61.9 Å². The predicted molar refractivity (Wildman–Crippen MR) is 108 cm³/mol. The van der Waals surface area contributed by atoms with Gasteiger partial charge in [0.2, 0.25) is 0 Å². The molecule has 156 valence electrons. The summed E-state index contributed by atoms with van der Waals surface area (Å²) in [6.45, 7) is 0.364. The zero-order valence-electron chi connectivity index (χ0n) is 16.1. The topological polar surface area (TPSA) is 58.2 Å². The summed E-state index contributed by atoms with van der Waals surface area (Å²) in [5, 5.41) is 4.64. The minimum atomic E-state index is -4.48. The third-order valence-electron chi connectivity index (χ3n) is 4.92. The van der Waals surface area contributed by atoms with Gasteiger partial charge in [0.25, 0.3) is 11.8 Å². The number of hydrogen-bond acceptors (Lipinski definition) is 3. The average molecular weight is 424 g/mol. The van der Waals surface area contributed by atoms with E-state index in [0.29, 0.717) is 10.6 Å². The van der Waals surface area contributed by atoms with Crippen LogP contribution in [0, 0.1) is 6.92 Å². The van der Waals surface area contributed by atoms with Gasteiger partial charge < -0.3 is 10.6 Å². The lowest BCUT2D eigenvalue weighted by Gasteiger charge is -2.11. The number of alkyl halides is 3. The molecule has 1 aliphatic rings. The highest BCUT2D eigenvalue weighted by molar-refractivity contribution is 7.14. The van der Waals surface area contributed by atoms with E-state index in [1.54, 1.807) is 13.0 Å². The monoisotopic (exact) mass is 424 g/mol. The number of carbonyl (C=O) groups is 2. The number of amides is 2. The maximum Gasteiger partial charge on any atom is 0.405 e. The van der Waals surface area contributed by atoms with E-state index in [1.807, 2.05) is 11.4 Å². The molecule has 2 aromatic rings. The van der Waals surface area contributed by atoms with E-state index in [-0.39, 0.29) is 11.5 Å². The molecule has 1 aromatic heterocycles. The Morgan fingerprint density at radius 2 is 1.76 bits per heavy atom. The lowest BCUT2D eigenvalue weighted by molar-refractivity contribution is -0.123. The number of anilines is 1. The number of halogens is 3. The predicted octanol–water partition coefficient (Wildman–Crippen LogP) is 5.26. The van der Waals surface area contributed by atoms with E-state index in [1.165, 1.54) is 46.8 Å². The summed E-state index contributed by atoms with van der Waals surface area (Å²) in [4.78, 5) is 26.6. The molecular weight excluding hydrogens is 401 g/mol. The highest BCUT2D eigenvalue weighted by atomic mass is 32.1. The largest absolute Gasteiger partial charge is 0.405 e. The van der Waals surface area contributed by atoms with Crippen LogP contribution in [0.5, 0.6) is 0 Å². The fourth-order valence-corrected chi connectivity index (χ4v) is 4.47. The van der Waals surface area contributed by atoms with E-state index in [2.05, 4.69) is 5.32 Å². The van der Waals surface area contributed by atoms with Gasteiger partial charge in [0.1, 0.15) is 6.54 Å². The van der Waals surface area contributed by atoms with Crippen LogP contribution in [0.15, 0.2) is 24.3 Å². The van der Waals surface area contributed by atoms with Crippen molar-refractivity contribution in [3.05, 3.63) is 50.7 Å². The van der Waals surface area contributed by atoms with Gasteiger partial charge in [0, 0.05) is 16.1 Å². The van der Waals surface area contributed by atoms with Crippen LogP contribution >= 0.6 is 11.3 Å². The molecule has 0 atom stereocenters. The second-order valence-electron chi connectivity index (χ2n) is 7.25. The standard InChI is InChI=1S/C21H23F3N2O2S/c1-13-8-9-15(19(27)25-12-21(22,23)24)10-16(13)26-20(28)18-11-14-6-4-2-3-5-7-17(14)29-18/h8-11H,2-7,12H2,1H3,(H,25,27)(H,26,28). The maximum absolute atomic E-state index is 12.7. The van der Waals surface area contributed by atoms with Crippen molar-refractivity contribution >= 4 is 28.8 Å². The highest BCUT2D eigenvalue weighted by Crippen LogP contribution is 2.29. The first kappa shape index (κ1) is 21.4. The van der Waals surface area contributed by atoms with Crippen LogP contribution in [0.2, 0.25) is 0 Å². The van der Waals surface area contributed by atoms with Gasteiger partial charge in [-0.15, -0.1) is 11.3 Å². The third kappa shape index (κ3) is 5.82. The van der Waals surface area contributed by atoms with Crippen molar-refractivity contribution in [2.75, 3.05) is 11.9 Å². The number of aryl methyl sites for hydroxylation is 3. The summed E-state index contributed by atoms with van der Waals surface area (Å²) in [6, 6.07) is 6.39. The highest BCUT2D eigenvalue weighted by Gasteiger charge is 2.28. The quantitative estimate of drug-likeness (QED) is 0.703. The number of carbonyl (C=O) groups excluding carboxylic acids is 2. The van der Waals surface area contributed by atoms with E-state index < -0.39 is 18.6 Å². The van der Waals surface area contributed by atoms with Crippen LogP contribution in [0.1, 0.15) is 61.7 Å². The molecule has 0 fully saturated rings. The van der Waals surface area contributed by atoms with Gasteiger partial charge in [0.15, 0.2) is 0 Å². The number of thiophene rings is 1. The van der Waals surface area contributed by atoms with E-state index >= 15 is 0 Å². The van der Waals surface area contributed by atoms with Crippen molar-refractivity contribution in [2.24, 2.45) is 0 Å². The van der Waals surface area contributed by atoms with Crippen LogP contribution < -0.4 is 10.6 Å². The second-order valence-corrected chi connectivity index (χ2v) is 8.39. The summed E-state index contributed by atoms with van der Waals surface area (Å²) in [7, 11) is 0. The zero-order chi connectivity index (χ0) is 21.0. The van der Waals surface area contributed by atoms with Gasteiger partial charge in [0.05, 0.1) is 4.88 Å². The molecule has 8 heteroatoms. The van der Waals surface area contributed by atoms with Crippen molar-refractivity contribution in [3.8, 4) is 0 Å². The van der Waals surface area contributed by atoms with Crippen molar-refractivity contribution in [1.29, 1.82) is 0 Å². The number of benzene rings is 1.